The second-order valence-electron chi connectivity index (χ2n) is 3.98. The highest BCUT2D eigenvalue weighted by Gasteiger charge is 2.11. The molecule has 4 nitrogen and oxygen atoms in total. The van der Waals surface area contributed by atoms with Crippen LogP contribution in [0.3, 0.4) is 0 Å². The summed E-state index contributed by atoms with van der Waals surface area (Å²) in [7, 11) is 0. The van der Waals surface area contributed by atoms with Gasteiger partial charge in [0, 0.05) is 24.6 Å². The molecular formula is C13H20N2O2S. The number of carbonyl (C=O) groups excluding carboxylic acids is 1. The zero-order chi connectivity index (χ0) is 13.4. The van der Waals surface area contributed by atoms with Crippen molar-refractivity contribution in [3.63, 3.8) is 0 Å². The first-order chi connectivity index (χ1) is 8.66. The molecule has 18 heavy (non-hydrogen) atoms. The number of carbonyl (C=O) groups is 1. The second kappa shape index (κ2) is 8.00. The third-order valence-corrected chi connectivity index (χ3v) is 3.58. The van der Waals surface area contributed by atoms with Crippen molar-refractivity contribution in [1.82, 2.24) is 5.32 Å². The van der Waals surface area contributed by atoms with E-state index in [1.807, 2.05) is 19.1 Å². The lowest BCUT2D eigenvalue weighted by molar-refractivity contribution is 0.0956. The molecule has 0 aliphatic heterocycles. The van der Waals surface area contributed by atoms with E-state index in [-0.39, 0.29) is 12.5 Å². The fourth-order valence-corrected chi connectivity index (χ4v) is 2.38. The van der Waals surface area contributed by atoms with Crippen molar-refractivity contribution in [2.24, 2.45) is 0 Å². The molecule has 1 aromatic rings. The average molecular weight is 268 g/mol. The Morgan fingerprint density at radius 2 is 2.22 bits per heavy atom. The van der Waals surface area contributed by atoms with Gasteiger partial charge in [-0.3, -0.25) is 4.79 Å². The molecule has 0 saturated carbocycles. The predicted octanol–water partition coefficient (Wildman–Crippen LogP) is 1.42. The number of nitrogens with two attached hydrogens (primary N) is 1. The predicted molar refractivity (Wildman–Crippen MR) is 77.0 cm³/mol. The summed E-state index contributed by atoms with van der Waals surface area (Å²) in [6.45, 7) is 2.71. The summed E-state index contributed by atoms with van der Waals surface area (Å²) >= 11 is 1.72. The number of rotatable bonds is 7. The van der Waals surface area contributed by atoms with Gasteiger partial charge in [0.1, 0.15) is 0 Å². The SMILES string of the molecule is Cc1cccc(N)c1C(=O)NCCSCCCO. The van der Waals surface area contributed by atoms with E-state index in [1.54, 1.807) is 17.8 Å². The Morgan fingerprint density at radius 1 is 1.44 bits per heavy atom. The van der Waals surface area contributed by atoms with Gasteiger partial charge in [0.2, 0.25) is 0 Å². The topological polar surface area (TPSA) is 75.4 Å². The molecule has 0 radical (unpaired) electrons. The molecule has 1 aromatic carbocycles. The van der Waals surface area contributed by atoms with E-state index in [0.29, 0.717) is 17.8 Å². The van der Waals surface area contributed by atoms with Crippen LogP contribution in [0.15, 0.2) is 18.2 Å². The lowest BCUT2D eigenvalue weighted by Crippen LogP contribution is -2.27. The first-order valence-corrected chi connectivity index (χ1v) is 7.14. The summed E-state index contributed by atoms with van der Waals surface area (Å²) in [6, 6.07) is 5.45. The van der Waals surface area contributed by atoms with E-state index in [9.17, 15) is 4.79 Å². The van der Waals surface area contributed by atoms with Crippen molar-refractivity contribution in [1.29, 1.82) is 0 Å². The van der Waals surface area contributed by atoms with Crippen molar-refractivity contribution in [3.05, 3.63) is 29.3 Å². The molecule has 0 saturated heterocycles. The van der Waals surface area contributed by atoms with E-state index in [2.05, 4.69) is 5.32 Å². The molecule has 0 aromatic heterocycles. The highest BCUT2D eigenvalue weighted by Crippen LogP contribution is 2.15. The lowest BCUT2D eigenvalue weighted by Gasteiger charge is -2.09. The van der Waals surface area contributed by atoms with Gasteiger partial charge in [-0.05, 0) is 30.7 Å². The van der Waals surface area contributed by atoms with Crippen molar-refractivity contribution < 1.29 is 9.90 Å². The third kappa shape index (κ3) is 4.58. The van der Waals surface area contributed by atoms with Crippen LogP contribution in [-0.4, -0.2) is 35.7 Å². The smallest absolute Gasteiger partial charge is 0.253 e. The van der Waals surface area contributed by atoms with Gasteiger partial charge < -0.3 is 16.2 Å². The van der Waals surface area contributed by atoms with Crippen LogP contribution in [0.5, 0.6) is 0 Å². The summed E-state index contributed by atoms with van der Waals surface area (Å²) < 4.78 is 0. The Kier molecular flexibility index (Phi) is 6.60. The summed E-state index contributed by atoms with van der Waals surface area (Å²) in [4.78, 5) is 11.9. The number of thioether (sulfide) groups is 1. The van der Waals surface area contributed by atoms with Gasteiger partial charge in [-0.15, -0.1) is 0 Å². The molecular weight excluding hydrogens is 248 g/mol. The number of nitrogen functional groups attached to an aromatic ring is 1. The van der Waals surface area contributed by atoms with Gasteiger partial charge in [0.25, 0.3) is 5.91 Å². The van der Waals surface area contributed by atoms with Crippen LogP contribution in [0.4, 0.5) is 5.69 Å². The average Bonchev–Trinajstić information content (AvgIpc) is 2.33. The fourth-order valence-electron chi connectivity index (χ4n) is 1.59. The van der Waals surface area contributed by atoms with E-state index in [4.69, 9.17) is 10.8 Å². The molecule has 0 fully saturated rings. The molecule has 0 aliphatic rings. The number of amides is 1. The number of aliphatic hydroxyl groups excluding tert-OH is 1. The zero-order valence-corrected chi connectivity index (χ0v) is 11.4. The minimum absolute atomic E-state index is 0.117. The Balaban J connectivity index is 2.37. The maximum absolute atomic E-state index is 11.9. The fraction of sp³-hybridized carbons (Fsp3) is 0.462. The summed E-state index contributed by atoms with van der Waals surface area (Å²) in [5.41, 5.74) is 7.77. The van der Waals surface area contributed by atoms with E-state index < -0.39 is 0 Å². The Bertz CT molecular complexity index is 376. The minimum atomic E-state index is -0.117. The molecule has 5 heteroatoms. The van der Waals surface area contributed by atoms with Gasteiger partial charge >= 0.3 is 0 Å². The molecule has 0 aliphatic carbocycles. The van der Waals surface area contributed by atoms with Crippen LogP contribution in [-0.2, 0) is 0 Å². The highest BCUT2D eigenvalue weighted by atomic mass is 32.2. The zero-order valence-electron chi connectivity index (χ0n) is 10.6. The van der Waals surface area contributed by atoms with E-state index in [1.165, 1.54) is 0 Å². The van der Waals surface area contributed by atoms with Crippen molar-refractivity contribution >= 4 is 23.4 Å². The maximum atomic E-state index is 11.9. The van der Waals surface area contributed by atoms with Crippen LogP contribution >= 0.6 is 11.8 Å². The Hall–Kier alpha value is -1.20. The van der Waals surface area contributed by atoms with Gasteiger partial charge in [-0.1, -0.05) is 12.1 Å². The number of aliphatic hydroxyl groups is 1. The number of anilines is 1. The number of hydrogen-bond donors (Lipinski definition) is 3. The molecule has 100 valence electrons. The summed E-state index contributed by atoms with van der Waals surface area (Å²) in [6.07, 6.45) is 0.795. The molecule has 1 amide bonds. The highest BCUT2D eigenvalue weighted by molar-refractivity contribution is 7.99. The van der Waals surface area contributed by atoms with E-state index >= 15 is 0 Å². The Labute approximate surface area is 112 Å². The van der Waals surface area contributed by atoms with Crippen LogP contribution in [0.2, 0.25) is 0 Å². The number of benzene rings is 1. The monoisotopic (exact) mass is 268 g/mol. The minimum Gasteiger partial charge on any atom is -0.398 e. The van der Waals surface area contributed by atoms with Crippen molar-refractivity contribution in [2.75, 3.05) is 30.4 Å². The van der Waals surface area contributed by atoms with E-state index in [0.717, 1.165) is 23.5 Å². The van der Waals surface area contributed by atoms with Gasteiger partial charge in [-0.2, -0.15) is 11.8 Å². The second-order valence-corrected chi connectivity index (χ2v) is 5.21. The molecule has 1 rings (SSSR count). The van der Waals surface area contributed by atoms with Crippen LogP contribution in [0.1, 0.15) is 22.3 Å². The van der Waals surface area contributed by atoms with Crippen LogP contribution < -0.4 is 11.1 Å². The third-order valence-electron chi connectivity index (χ3n) is 2.51. The number of hydrogen-bond acceptors (Lipinski definition) is 4. The number of aryl methyl sites for hydroxylation is 1. The Morgan fingerprint density at radius 3 is 2.89 bits per heavy atom. The normalized spacial score (nSPS) is 10.3. The number of nitrogens with one attached hydrogen (secondary N) is 1. The molecule has 0 heterocycles. The first kappa shape index (κ1) is 14.9. The molecule has 0 bridgehead atoms. The van der Waals surface area contributed by atoms with Crippen molar-refractivity contribution in [3.8, 4) is 0 Å². The van der Waals surface area contributed by atoms with Gasteiger partial charge in [-0.25, -0.2) is 0 Å². The first-order valence-electron chi connectivity index (χ1n) is 5.98. The lowest BCUT2D eigenvalue weighted by atomic mass is 10.1. The molecule has 0 atom stereocenters. The molecule has 0 spiro atoms. The van der Waals surface area contributed by atoms with Gasteiger partial charge in [0.05, 0.1) is 5.56 Å². The van der Waals surface area contributed by atoms with Gasteiger partial charge in [0.15, 0.2) is 0 Å². The van der Waals surface area contributed by atoms with Crippen molar-refractivity contribution in [2.45, 2.75) is 13.3 Å². The summed E-state index contributed by atoms with van der Waals surface area (Å²) in [5.74, 6) is 1.64. The van der Waals surface area contributed by atoms with Crippen LogP contribution in [0.25, 0.3) is 0 Å². The quantitative estimate of drug-likeness (QED) is 0.516. The largest absolute Gasteiger partial charge is 0.398 e. The molecule has 4 N–H and O–H groups in total. The van der Waals surface area contributed by atoms with Crippen LogP contribution in [0, 0.1) is 6.92 Å². The maximum Gasteiger partial charge on any atom is 0.253 e. The summed E-state index contributed by atoms with van der Waals surface area (Å²) in [5, 5.41) is 11.5. The standard InChI is InChI=1S/C13H20N2O2S/c1-10-4-2-5-11(14)12(10)13(17)15-6-9-18-8-3-7-16/h2,4-5,16H,3,6-9,14H2,1H3,(H,15,17). The molecule has 0 unspecified atom stereocenters.